The van der Waals surface area contributed by atoms with Crippen molar-refractivity contribution in [3.63, 3.8) is 0 Å². The average Bonchev–Trinajstić information content (AvgIpc) is 2.88. The van der Waals surface area contributed by atoms with E-state index in [1.807, 2.05) is 0 Å². The second-order valence-corrected chi connectivity index (χ2v) is 8.25. The Morgan fingerprint density at radius 3 is 2.83 bits per heavy atom. The van der Waals surface area contributed by atoms with Gasteiger partial charge in [-0.25, -0.2) is 12.8 Å². The molecule has 0 amide bonds. The smallest absolute Gasteiger partial charge is 0.235 e. The Morgan fingerprint density at radius 1 is 1.30 bits per heavy atom. The molecule has 0 spiro atoms. The zero-order valence-electron chi connectivity index (χ0n) is 12.8. The third-order valence-corrected chi connectivity index (χ3v) is 6.40. The molecule has 1 aromatic carbocycles. The van der Waals surface area contributed by atoms with Gasteiger partial charge in [0, 0.05) is 24.2 Å². The minimum Gasteiger partial charge on any atom is -0.382 e. The highest BCUT2D eigenvalue weighted by atomic mass is 32.2. The first kappa shape index (κ1) is 16.1. The highest BCUT2D eigenvalue weighted by Crippen LogP contribution is 2.31. The van der Waals surface area contributed by atoms with Crippen molar-refractivity contribution in [1.29, 1.82) is 5.26 Å². The summed E-state index contributed by atoms with van der Waals surface area (Å²) in [5.41, 5.74) is 0.812. The van der Waals surface area contributed by atoms with E-state index in [0.29, 0.717) is 18.7 Å². The number of rotatable bonds is 3. The van der Waals surface area contributed by atoms with Crippen LogP contribution >= 0.6 is 0 Å². The molecule has 1 heterocycles. The van der Waals surface area contributed by atoms with Gasteiger partial charge in [-0.3, -0.25) is 4.31 Å². The topological polar surface area (TPSA) is 73.2 Å². The Hall–Kier alpha value is -1.81. The lowest BCUT2D eigenvalue weighted by Gasteiger charge is -2.27. The summed E-state index contributed by atoms with van der Waals surface area (Å²) in [6, 6.07) is 6.96. The summed E-state index contributed by atoms with van der Waals surface area (Å²) in [4.78, 5) is 0. The van der Waals surface area contributed by atoms with E-state index in [0.717, 1.165) is 30.0 Å². The van der Waals surface area contributed by atoms with Crippen molar-refractivity contribution in [2.75, 3.05) is 21.9 Å². The zero-order chi connectivity index (χ0) is 16.4. The molecule has 0 unspecified atom stereocenters. The van der Waals surface area contributed by atoms with Gasteiger partial charge in [0.05, 0.1) is 17.5 Å². The molecular weight excluding hydrogens is 317 g/mol. The van der Waals surface area contributed by atoms with Crippen LogP contribution in [0.3, 0.4) is 0 Å². The minimum absolute atomic E-state index is 0.0557. The second kappa shape index (κ2) is 6.36. The van der Waals surface area contributed by atoms with Crippen LogP contribution in [0.4, 0.5) is 15.8 Å². The summed E-state index contributed by atoms with van der Waals surface area (Å²) in [6.45, 7) is 0.322. The fraction of sp³-hybridized carbons (Fsp3) is 0.562. The Kier molecular flexibility index (Phi) is 4.44. The number of benzene rings is 1. The molecule has 3 rings (SSSR count). The summed E-state index contributed by atoms with van der Waals surface area (Å²) in [7, 11) is -3.40. The number of anilines is 2. The van der Waals surface area contributed by atoms with Gasteiger partial charge in [0.25, 0.3) is 0 Å². The third kappa shape index (κ3) is 3.42. The molecule has 1 aromatic rings. The normalized spacial score (nSPS) is 26.7. The van der Waals surface area contributed by atoms with Crippen molar-refractivity contribution in [3.05, 3.63) is 24.0 Å². The Balaban J connectivity index is 1.79. The van der Waals surface area contributed by atoms with Crippen molar-refractivity contribution in [1.82, 2.24) is 0 Å². The first-order valence-electron chi connectivity index (χ1n) is 7.96. The number of nitriles is 1. The van der Waals surface area contributed by atoms with Gasteiger partial charge in [-0.15, -0.1) is 0 Å². The molecule has 0 radical (unpaired) electrons. The molecule has 23 heavy (non-hydrogen) atoms. The lowest BCUT2D eigenvalue weighted by molar-refractivity contribution is 0.395. The van der Waals surface area contributed by atoms with Crippen LogP contribution in [0.15, 0.2) is 18.2 Å². The van der Waals surface area contributed by atoms with Gasteiger partial charge in [0.2, 0.25) is 10.0 Å². The fourth-order valence-electron chi connectivity index (χ4n) is 3.38. The van der Waals surface area contributed by atoms with Crippen LogP contribution in [0, 0.1) is 23.1 Å². The highest BCUT2D eigenvalue weighted by molar-refractivity contribution is 7.93. The zero-order valence-corrected chi connectivity index (χ0v) is 13.7. The van der Waals surface area contributed by atoms with E-state index >= 15 is 0 Å². The maximum atomic E-state index is 14.1. The number of halogens is 1. The van der Waals surface area contributed by atoms with Gasteiger partial charge >= 0.3 is 0 Å². The molecule has 124 valence electrons. The molecule has 2 aliphatic rings. The van der Waals surface area contributed by atoms with Crippen LogP contribution in [0.25, 0.3) is 0 Å². The van der Waals surface area contributed by atoms with E-state index in [1.165, 1.54) is 6.07 Å². The molecule has 1 saturated carbocycles. The van der Waals surface area contributed by atoms with Crippen molar-refractivity contribution >= 4 is 21.4 Å². The highest BCUT2D eigenvalue weighted by Gasteiger charge is 2.30. The third-order valence-electron chi connectivity index (χ3n) is 4.54. The van der Waals surface area contributed by atoms with Crippen LogP contribution in [-0.4, -0.2) is 26.8 Å². The molecule has 5 nitrogen and oxygen atoms in total. The predicted molar refractivity (Wildman–Crippen MR) is 87.1 cm³/mol. The van der Waals surface area contributed by atoms with E-state index in [2.05, 4.69) is 11.4 Å². The van der Waals surface area contributed by atoms with Crippen LogP contribution in [0.5, 0.6) is 0 Å². The molecule has 0 aromatic heterocycles. The lowest BCUT2D eigenvalue weighted by Crippen LogP contribution is -2.28. The molecule has 2 fully saturated rings. The predicted octanol–water partition coefficient (Wildman–Crippen LogP) is 2.86. The Morgan fingerprint density at radius 2 is 2.13 bits per heavy atom. The van der Waals surface area contributed by atoms with E-state index in [9.17, 15) is 12.8 Å². The van der Waals surface area contributed by atoms with Gasteiger partial charge in [0.15, 0.2) is 0 Å². The first-order valence-corrected chi connectivity index (χ1v) is 9.56. The monoisotopic (exact) mass is 337 g/mol. The van der Waals surface area contributed by atoms with Gasteiger partial charge in [0.1, 0.15) is 5.82 Å². The van der Waals surface area contributed by atoms with Crippen molar-refractivity contribution < 1.29 is 12.8 Å². The molecule has 1 aliphatic carbocycles. The molecule has 1 saturated heterocycles. The Bertz CT molecular complexity index is 729. The van der Waals surface area contributed by atoms with Crippen LogP contribution in [-0.2, 0) is 10.0 Å². The fourth-order valence-corrected chi connectivity index (χ4v) is 4.94. The Labute approximate surface area is 136 Å². The van der Waals surface area contributed by atoms with Crippen LogP contribution in [0.1, 0.15) is 32.1 Å². The summed E-state index contributed by atoms with van der Waals surface area (Å²) >= 11 is 0. The molecule has 2 atom stereocenters. The quantitative estimate of drug-likeness (QED) is 0.920. The van der Waals surface area contributed by atoms with E-state index in [-0.39, 0.29) is 23.4 Å². The van der Waals surface area contributed by atoms with Gasteiger partial charge in [-0.1, -0.05) is 6.42 Å². The molecule has 1 N–H and O–H groups in total. The maximum Gasteiger partial charge on any atom is 0.235 e. The largest absolute Gasteiger partial charge is 0.382 e. The van der Waals surface area contributed by atoms with Crippen molar-refractivity contribution in [3.8, 4) is 6.07 Å². The molecule has 1 aliphatic heterocycles. The lowest BCUT2D eigenvalue weighted by atomic mass is 9.86. The van der Waals surface area contributed by atoms with E-state index in [4.69, 9.17) is 5.26 Å². The van der Waals surface area contributed by atoms with Gasteiger partial charge < -0.3 is 5.32 Å². The summed E-state index contributed by atoms with van der Waals surface area (Å²) in [6.07, 6.45) is 4.17. The number of nitrogens with zero attached hydrogens (tertiary/aromatic N) is 2. The number of hydrogen-bond donors (Lipinski definition) is 1. The SMILES string of the molecule is N#C[C@@H]1CCC[C@@H](Nc2ccc(F)c(N3CCCS3(=O)=O)c2)C1. The van der Waals surface area contributed by atoms with Crippen LogP contribution in [0.2, 0.25) is 0 Å². The first-order chi connectivity index (χ1) is 11.0. The van der Waals surface area contributed by atoms with Crippen LogP contribution < -0.4 is 9.62 Å². The number of sulfonamides is 1. The van der Waals surface area contributed by atoms with Crippen molar-refractivity contribution in [2.45, 2.75) is 38.1 Å². The number of hydrogen-bond acceptors (Lipinski definition) is 4. The average molecular weight is 337 g/mol. The molecular formula is C16H20FN3O2S. The summed E-state index contributed by atoms with van der Waals surface area (Å²) < 4.78 is 39.2. The summed E-state index contributed by atoms with van der Waals surface area (Å²) in [5.74, 6) is -0.406. The minimum atomic E-state index is -3.40. The second-order valence-electron chi connectivity index (χ2n) is 6.24. The van der Waals surface area contributed by atoms with E-state index in [1.54, 1.807) is 12.1 Å². The molecule has 0 bridgehead atoms. The summed E-state index contributed by atoms with van der Waals surface area (Å²) in [5, 5.41) is 12.4. The van der Waals surface area contributed by atoms with Crippen molar-refractivity contribution in [2.24, 2.45) is 5.92 Å². The number of nitrogens with one attached hydrogen (secondary N) is 1. The van der Waals surface area contributed by atoms with Gasteiger partial charge in [-0.05, 0) is 43.9 Å². The van der Waals surface area contributed by atoms with Gasteiger partial charge in [-0.2, -0.15) is 5.26 Å². The van der Waals surface area contributed by atoms with E-state index < -0.39 is 15.8 Å². The molecule has 7 heteroatoms. The standard InChI is InChI=1S/C16H20FN3O2S/c17-15-6-5-14(19-13-4-1-3-12(9-13)11-18)10-16(15)20-7-2-8-23(20,21)22/h5-6,10,12-13,19H,1-4,7-9H2/t12-,13-/m1/s1. The maximum absolute atomic E-state index is 14.1.